The molecule has 0 atom stereocenters. The van der Waals surface area contributed by atoms with E-state index in [2.05, 4.69) is 17.3 Å². The number of nitrogens with zero attached hydrogens (tertiary/aromatic N) is 2. The van der Waals surface area contributed by atoms with Crippen molar-refractivity contribution in [3.05, 3.63) is 41.7 Å². The van der Waals surface area contributed by atoms with Crippen molar-refractivity contribution in [1.82, 2.24) is 15.1 Å². The average Bonchev–Trinajstić information content (AvgIpc) is 2.73. The topological polar surface area (TPSA) is 39.1 Å². The summed E-state index contributed by atoms with van der Waals surface area (Å²) in [6.45, 7) is 5.53. The molecule has 0 radical (unpaired) electrons. The van der Waals surface area contributed by atoms with E-state index in [1.165, 1.54) is 5.56 Å². The van der Waals surface area contributed by atoms with Gasteiger partial charge in [-0.15, -0.1) is 0 Å². The first-order valence-electron chi connectivity index (χ1n) is 6.18. The predicted octanol–water partition coefficient (Wildman–Crippen LogP) is 2.30. The molecule has 0 aliphatic carbocycles. The molecule has 0 aliphatic rings. The zero-order valence-electron chi connectivity index (χ0n) is 11.1. The highest BCUT2D eigenvalue weighted by molar-refractivity contribution is 5.47. The van der Waals surface area contributed by atoms with E-state index in [1.807, 2.05) is 49.1 Å². The number of nitrogens with one attached hydrogen (secondary N) is 1. The van der Waals surface area contributed by atoms with Crippen molar-refractivity contribution in [1.29, 1.82) is 0 Å². The van der Waals surface area contributed by atoms with Gasteiger partial charge in [-0.25, -0.2) is 4.68 Å². The molecular weight excluding hydrogens is 226 g/mol. The van der Waals surface area contributed by atoms with Crippen molar-refractivity contribution >= 4 is 0 Å². The molecule has 0 aliphatic heterocycles. The second-order valence-electron chi connectivity index (χ2n) is 4.10. The monoisotopic (exact) mass is 245 g/mol. The number of aromatic nitrogens is 2. The van der Waals surface area contributed by atoms with Gasteiger partial charge in [-0.2, -0.15) is 5.10 Å². The number of para-hydroxylation sites is 2. The maximum Gasteiger partial charge on any atom is 0.144 e. The Hall–Kier alpha value is -1.81. The van der Waals surface area contributed by atoms with Crippen molar-refractivity contribution in [2.75, 3.05) is 13.7 Å². The van der Waals surface area contributed by atoms with Crippen molar-refractivity contribution in [3.8, 4) is 11.4 Å². The summed E-state index contributed by atoms with van der Waals surface area (Å²) in [6.07, 6.45) is 1.90. The maximum atomic E-state index is 5.64. The minimum atomic E-state index is 0.653. The summed E-state index contributed by atoms with van der Waals surface area (Å²) < 4.78 is 7.57. The summed E-state index contributed by atoms with van der Waals surface area (Å²) in [4.78, 5) is 0. The van der Waals surface area contributed by atoms with Gasteiger partial charge >= 0.3 is 0 Å². The fraction of sp³-hybridized carbons (Fsp3) is 0.357. The van der Waals surface area contributed by atoms with E-state index in [0.29, 0.717) is 6.61 Å². The molecule has 0 unspecified atom stereocenters. The lowest BCUT2D eigenvalue weighted by molar-refractivity contribution is 0.338. The van der Waals surface area contributed by atoms with E-state index in [-0.39, 0.29) is 0 Å². The van der Waals surface area contributed by atoms with Crippen LogP contribution >= 0.6 is 0 Å². The van der Waals surface area contributed by atoms with Crippen LogP contribution in [-0.4, -0.2) is 23.4 Å². The van der Waals surface area contributed by atoms with Gasteiger partial charge in [0.25, 0.3) is 0 Å². The van der Waals surface area contributed by atoms with Crippen LogP contribution in [0.4, 0.5) is 0 Å². The molecule has 0 spiro atoms. The van der Waals surface area contributed by atoms with Crippen LogP contribution in [0.5, 0.6) is 5.75 Å². The van der Waals surface area contributed by atoms with Crippen LogP contribution in [0.3, 0.4) is 0 Å². The molecule has 4 nitrogen and oxygen atoms in total. The van der Waals surface area contributed by atoms with Crippen LogP contribution in [0, 0.1) is 6.92 Å². The van der Waals surface area contributed by atoms with E-state index in [0.717, 1.165) is 23.7 Å². The average molecular weight is 245 g/mol. The molecular formula is C14H19N3O. The van der Waals surface area contributed by atoms with Crippen LogP contribution < -0.4 is 10.1 Å². The van der Waals surface area contributed by atoms with Crippen LogP contribution in [0.1, 0.15) is 18.2 Å². The van der Waals surface area contributed by atoms with Crippen molar-refractivity contribution in [3.63, 3.8) is 0 Å². The largest absolute Gasteiger partial charge is 0.492 e. The van der Waals surface area contributed by atoms with E-state index in [4.69, 9.17) is 4.74 Å². The lowest BCUT2D eigenvalue weighted by Crippen LogP contribution is -2.07. The minimum absolute atomic E-state index is 0.653. The molecule has 0 bridgehead atoms. The minimum Gasteiger partial charge on any atom is -0.492 e. The van der Waals surface area contributed by atoms with Gasteiger partial charge in [0.1, 0.15) is 11.4 Å². The number of ether oxygens (including phenoxy) is 1. The fourth-order valence-electron chi connectivity index (χ4n) is 1.96. The third-order valence-electron chi connectivity index (χ3n) is 2.87. The van der Waals surface area contributed by atoms with Gasteiger partial charge in [-0.05, 0) is 33.0 Å². The molecule has 1 aromatic heterocycles. The SMILES string of the molecule is CCOc1ccccc1-n1ncc(CNC)c1C. The third-order valence-corrected chi connectivity index (χ3v) is 2.87. The molecule has 1 N–H and O–H groups in total. The van der Waals surface area contributed by atoms with Crippen molar-refractivity contribution < 1.29 is 4.74 Å². The van der Waals surface area contributed by atoms with Crippen LogP contribution in [0.15, 0.2) is 30.5 Å². The van der Waals surface area contributed by atoms with Crippen LogP contribution in [0.25, 0.3) is 5.69 Å². The highest BCUT2D eigenvalue weighted by Gasteiger charge is 2.11. The molecule has 1 heterocycles. The molecule has 2 aromatic rings. The van der Waals surface area contributed by atoms with Gasteiger partial charge < -0.3 is 10.1 Å². The van der Waals surface area contributed by atoms with E-state index in [9.17, 15) is 0 Å². The van der Waals surface area contributed by atoms with Crippen LogP contribution in [-0.2, 0) is 6.54 Å². The molecule has 0 fully saturated rings. The zero-order chi connectivity index (χ0) is 13.0. The first-order chi connectivity index (χ1) is 8.77. The molecule has 0 saturated heterocycles. The second-order valence-corrected chi connectivity index (χ2v) is 4.10. The number of hydrogen-bond donors (Lipinski definition) is 1. The fourth-order valence-corrected chi connectivity index (χ4v) is 1.96. The predicted molar refractivity (Wildman–Crippen MR) is 72.2 cm³/mol. The molecule has 4 heteroatoms. The van der Waals surface area contributed by atoms with Crippen molar-refractivity contribution in [2.45, 2.75) is 20.4 Å². The molecule has 0 amide bonds. The van der Waals surface area contributed by atoms with E-state index in [1.54, 1.807) is 0 Å². The lowest BCUT2D eigenvalue weighted by Gasteiger charge is -2.11. The number of benzene rings is 1. The van der Waals surface area contributed by atoms with Gasteiger partial charge in [-0.3, -0.25) is 0 Å². The summed E-state index contributed by atoms with van der Waals surface area (Å²) in [7, 11) is 1.94. The van der Waals surface area contributed by atoms with Gasteiger partial charge in [0.05, 0.1) is 12.8 Å². The summed E-state index contributed by atoms with van der Waals surface area (Å²) in [5.74, 6) is 0.863. The summed E-state index contributed by atoms with van der Waals surface area (Å²) in [6, 6.07) is 7.96. The smallest absolute Gasteiger partial charge is 0.144 e. The molecule has 96 valence electrons. The maximum absolute atomic E-state index is 5.64. The summed E-state index contributed by atoms with van der Waals surface area (Å²) in [5.41, 5.74) is 3.32. The highest BCUT2D eigenvalue weighted by Crippen LogP contribution is 2.24. The third kappa shape index (κ3) is 2.38. The molecule has 2 rings (SSSR count). The number of hydrogen-bond acceptors (Lipinski definition) is 3. The van der Waals surface area contributed by atoms with Crippen molar-refractivity contribution in [2.24, 2.45) is 0 Å². The van der Waals surface area contributed by atoms with Crippen LogP contribution in [0.2, 0.25) is 0 Å². The van der Waals surface area contributed by atoms with Gasteiger partial charge in [-0.1, -0.05) is 12.1 Å². The second kappa shape index (κ2) is 5.69. The van der Waals surface area contributed by atoms with E-state index >= 15 is 0 Å². The first-order valence-corrected chi connectivity index (χ1v) is 6.18. The summed E-state index contributed by atoms with van der Waals surface area (Å²) in [5, 5.41) is 7.59. The zero-order valence-corrected chi connectivity index (χ0v) is 11.1. The quantitative estimate of drug-likeness (QED) is 0.878. The Balaban J connectivity index is 2.42. The summed E-state index contributed by atoms with van der Waals surface area (Å²) >= 11 is 0. The van der Waals surface area contributed by atoms with E-state index < -0.39 is 0 Å². The molecule has 1 aromatic carbocycles. The van der Waals surface area contributed by atoms with Gasteiger partial charge in [0, 0.05) is 17.8 Å². The number of rotatable bonds is 5. The lowest BCUT2D eigenvalue weighted by atomic mass is 10.2. The Morgan fingerprint density at radius 1 is 1.33 bits per heavy atom. The Bertz CT molecular complexity index is 520. The Labute approximate surface area is 108 Å². The Morgan fingerprint density at radius 2 is 2.11 bits per heavy atom. The standard InChI is InChI=1S/C14H19N3O/c1-4-18-14-8-6-5-7-13(14)17-11(2)12(9-15-3)10-16-17/h5-8,10,15H,4,9H2,1-3H3. The molecule has 0 saturated carbocycles. The molecule has 18 heavy (non-hydrogen) atoms. The first kappa shape index (κ1) is 12.6. The highest BCUT2D eigenvalue weighted by atomic mass is 16.5. The Morgan fingerprint density at radius 3 is 2.83 bits per heavy atom. The Kier molecular flexibility index (Phi) is 3.99. The van der Waals surface area contributed by atoms with Gasteiger partial charge in [0.15, 0.2) is 0 Å². The normalized spacial score (nSPS) is 10.6. The van der Waals surface area contributed by atoms with Gasteiger partial charge in [0.2, 0.25) is 0 Å².